The van der Waals surface area contributed by atoms with E-state index in [9.17, 15) is 14.4 Å². The van der Waals surface area contributed by atoms with Crippen molar-refractivity contribution in [2.45, 2.75) is 40.0 Å². The molecule has 0 bridgehead atoms. The number of methoxy groups -OCH3 is 1. The van der Waals surface area contributed by atoms with Crippen molar-refractivity contribution in [3.05, 3.63) is 27.6 Å². The quantitative estimate of drug-likeness (QED) is 0.254. The van der Waals surface area contributed by atoms with Gasteiger partial charge in [-0.1, -0.05) is 20.8 Å². The molecule has 1 N–H and O–H groups in total. The fraction of sp³-hybridized carbons (Fsp3) is 0.500. The number of anilines is 1. The van der Waals surface area contributed by atoms with Crippen molar-refractivity contribution in [1.29, 1.82) is 0 Å². The van der Waals surface area contributed by atoms with Gasteiger partial charge in [-0.2, -0.15) is 0 Å². The molecule has 1 aromatic rings. The molecule has 0 aliphatic heterocycles. The number of nitrogens with one attached hydrogen (secondary N) is 1. The molecule has 1 heterocycles. The Morgan fingerprint density at radius 1 is 1.12 bits per heavy atom. The molecule has 7 nitrogen and oxygen atoms in total. The van der Waals surface area contributed by atoms with E-state index in [0.29, 0.717) is 10.6 Å². The third-order valence-electron chi connectivity index (χ3n) is 3.20. The van der Waals surface area contributed by atoms with Crippen LogP contribution in [-0.2, 0) is 29.2 Å². The molecule has 1 rings (SSSR count). The van der Waals surface area contributed by atoms with Gasteiger partial charge in [0.05, 0.1) is 26.0 Å². The number of hydrogen-bond donors (Lipinski definition) is 1. The first kappa shape index (κ1) is 21.7. The molecule has 0 spiro atoms. The lowest BCUT2D eigenvalue weighted by molar-refractivity contribution is -0.146. The molecule has 0 aliphatic carbocycles. The minimum Gasteiger partial charge on any atom is -0.465 e. The van der Waals surface area contributed by atoms with Crippen LogP contribution < -0.4 is 5.32 Å². The first-order chi connectivity index (χ1) is 12.1. The van der Waals surface area contributed by atoms with Gasteiger partial charge >= 0.3 is 17.9 Å². The average molecular weight is 383 g/mol. The van der Waals surface area contributed by atoms with Crippen molar-refractivity contribution in [3.63, 3.8) is 0 Å². The Bertz CT molecular complexity index is 679. The summed E-state index contributed by atoms with van der Waals surface area (Å²) in [6, 6.07) is 1.79. The lowest BCUT2D eigenvalue weighted by Gasteiger charge is -2.15. The van der Waals surface area contributed by atoms with Crippen LogP contribution in [0.1, 0.15) is 49.2 Å². The molecular weight excluding hydrogens is 358 g/mol. The molecule has 0 aliphatic rings. The molecule has 144 valence electrons. The van der Waals surface area contributed by atoms with Crippen molar-refractivity contribution in [1.82, 2.24) is 0 Å². The number of carbonyl (C=O) groups excluding carboxylic acids is 3. The van der Waals surface area contributed by atoms with Crippen LogP contribution in [0.3, 0.4) is 0 Å². The van der Waals surface area contributed by atoms with Gasteiger partial charge in [0, 0.05) is 11.1 Å². The van der Waals surface area contributed by atoms with Gasteiger partial charge in [-0.15, -0.1) is 11.3 Å². The van der Waals surface area contributed by atoms with Crippen LogP contribution in [0.5, 0.6) is 0 Å². The molecule has 0 atom stereocenters. The largest absolute Gasteiger partial charge is 0.465 e. The van der Waals surface area contributed by atoms with E-state index in [-0.39, 0.29) is 24.2 Å². The van der Waals surface area contributed by atoms with Crippen LogP contribution in [-0.4, -0.2) is 38.2 Å². The number of esters is 3. The average Bonchev–Trinajstić information content (AvgIpc) is 2.99. The van der Waals surface area contributed by atoms with E-state index in [1.807, 2.05) is 20.8 Å². The molecular formula is C18H25NO6S. The van der Waals surface area contributed by atoms with Crippen molar-refractivity contribution in [2.75, 3.05) is 25.6 Å². The summed E-state index contributed by atoms with van der Waals surface area (Å²) >= 11 is 1.29. The molecule has 0 radical (unpaired) electrons. The molecule has 26 heavy (non-hydrogen) atoms. The Morgan fingerprint density at radius 3 is 2.08 bits per heavy atom. The van der Waals surface area contributed by atoms with E-state index in [2.05, 4.69) is 5.32 Å². The third kappa shape index (κ3) is 5.59. The second kappa shape index (κ2) is 9.38. The fourth-order valence-electron chi connectivity index (χ4n) is 1.88. The predicted octanol–water partition coefficient (Wildman–Crippen LogP) is 3.25. The van der Waals surface area contributed by atoms with E-state index < -0.39 is 17.9 Å². The third-order valence-corrected chi connectivity index (χ3v) is 4.75. The zero-order chi connectivity index (χ0) is 19.9. The molecule has 0 saturated heterocycles. The minimum atomic E-state index is -0.802. The molecule has 0 unspecified atom stereocenters. The second-order valence-corrected chi connectivity index (χ2v) is 7.29. The maximum absolute atomic E-state index is 12.0. The fourth-order valence-corrected chi connectivity index (χ4v) is 2.98. The number of carbonyl (C=O) groups is 3. The van der Waals surface area contributed by atoms with Gasteiger partial charge < -0.3 is 19.5 Å². The van der Waals surface area contributed by atoms with Gasteiger partial charge in [-0.3, -0.25) is 0 Å². The summed E-state index contributed by atoms with van der Waals surface area (Å²) in [4.78, 5) is 37.3. The second-order valence-electron chi connectivity index (χ2n) is 6.24. The number of hydrogen-bond acceptors (Lipinski definition) is 8. The first-order valence-corrected chi connectivity index (χ1v) is 9.00. The number of ether oxygens (including phenoxy) is 3. The van der Waals surface area contributed by atoms with Crippen LogP contribution in [0.4, 0.5) is 5.69 Å². The summed E-state index contributed by atoms with van der Waals surface area (Å²) < 4.78 is 14.6. The zero-order valence-corrected chi connectivity index (χ0v) is 16.7. The summed E-state index contributed by atoms with van der Waals surface area (Å²) in [7, 11) is 1.29. The standard InChI is InChI=1S/C18H25NO6S/c1-7-24-15(20)11(16(21)25-8-2)10-19-12-9-13(18(3,4)5)26-14(12)17(22)23-6/h9-10,19H,7-8H2,1-6H3. The van der Waals surface area contributed by atoms with Crippen molar-refractivity contribution in [3.8, 4) is 0 Å². The molecule has 0 saturated carbocycles. The van der Waals surface area contributed by atoms with Gasteiger partial charge in [0.25, 0.3) is 0 Å². The highest BCUT2D eigenvalue weighted by Gasteiger charge is 2.25. The van der Waals surface area contributed by atoms with Gasteiger partial charge in [0.15, 0.2) is 5.57 Å². The summed E-state index contributed by atoms with van der Waals surface area (Å²) in [5.41, 5.74) is -0.0201. The lowest BCUT2D eigenvalue weighted by atomic mass is 9.94. The molecule has 0 aromatic carbocycles. The lowest BCUT2D eigenvalue weighted by Crippen LogP contribution is -2.19. The van der Waals surface area contributed by atoms with Crippen molar-refractivity contribution in [2.24, 2.45) is 0 Å². The summed E-state index contributed by atoms with van der Waals surface area (Å²) in [5, 5.41) is 2.85. The van der Waals surface area contributed by atoms with Crippen LogP contribution in [0.15, 0.2) is 17.8 Å². The SMILES string of the molecule is CCOC(=O)C(=CNc1cc(C(C)(C)C)sc1C(=O)OC)C(=O)OCC. The Hall–Kier alpha value is -2.35. The number of rotatable bonds is 7. The van der Waals surface area contributed by atoms with E-state index in [0.717, 1.165) is 4.88 Å². The number of thiophene rings is 1. The van der Waals surface area contributed by atoms with Gasteiger partial charge in [0.2, 0.25) is 0 Å². The summed E-state index contributed by atoms with van der Waals surface area (Å²) in [5.74, 6) is -2.11. The van der Waals surface area contributed by atoms with Gasteiger partial charge in [-0.25, -0.2) is 14.4 Å². The smallest absolute Gasteiger partial charge is 0.350 e. The summed E-state index contributed by atoms with van der Waals surface area (Å²) in [6.07, 6.45) is 1.19. The Morgan fingerprint density at radius 2 is 1.65 bits per heavy atom. The first-order valence-electron chi connectivity index (χ1n) is 8.19. The van der Waals surface area contributed by atoms with Gasteiger partial charge in [0.1, 0.15) is 4.88 Å². The Kier molecular flexibility index (Phi) is 7.82. The highest BCUT2D eigenvalue weighted by atomic mass is 32.1. The topological polar surface area (TPSA) is 90.9 Å². The normalized spacial score (nSPS) is 10.7. The minimum absolute atomic E-state index is 0.121. The maximum Gasteiger partial charge on any atom is 0.350 e. The molecule has 8 heteroatoms. The maximum atomic E-state index is 12.0. The van der Waals surface area contributed by atoms with E-state index in [1.54, 1.807) is 19.9 Å². The van der Waals surface area contributed by atoms with Crippen LogP contribution in [0.2, 0.25) is 0 Å². The van der Waals surface area contributed by atoms with Crippen LogP contribution in [0.25, 0.3) is 0 Å². The van der Waals surface area contributed by atoms with E-state index in [4.69, 9.17) is 14.2 Å². The highest BCUT2D eigenvalue weighted by Crippen LogP contribution is 2.36. The molecule has 1 aromatic heterocycles. The van der Waals surface area contributed by atoms with E-state index >= 15 is 0 Å². The van der Waals surface area contributed by atoms with Crippen LogP contribution >= 0.6 is 11.3 Å². The zero-order valence-electron chi connectivity index (χ0n) is 15.9. The van der Waals surface area contributed by atoms with Crippen molar-refractivity contribution < 1.29 is 28.6 Å². The Balaban J connectivity index is 3.25. The summed E-state index contributed by atoms with van der Waals surface area (Å²) in [6.45, 7) is 9.56. The van der Waals surface area contributed by atoms with E-state index in [1.165, 1.54) is 24.6 Å². The predicted molar refractivity (Wildman–Crippen MR) is 99.3 cm³/mol. The molecule has 0 amide bonds. The monoisotopic (exact) mass is 383 g/mol. The van der Waals surface area contributed by atoms with Crippen LogP contribution in [0, 0.1) is 0 Å². The van der Waals surface area contributed by atoms with Crippen molar-refractivity contribution >= 4 is 34.9 Å². The Labute approximate surface area is 157 Å². The molecule has 0 fully saturated rings. The highest BCUT2D eigenvalue weighted by molar-refractivity contribution is 7.14. The van der Waals surface area contributed by atoms with Gasteiger partial charge in [-0.05, 0) is 25.3 Å².